The van der Waals surface area contributed by atoms with Crippen LogP contribution in [0.15, 0.2) is 35.0 Å². The van der Waals surface area contributed by atoms with Crippen LogP contribution >= 0.6 is 22.7 Å². The van der Waals surface area contributed by atoms with Gasteiger partial charge in [0, 0.05) is 43.7 Å². The van der Waals surface area contributed by atoms with Gasteiger partial charge in [0.2, 0.25) is 6.79 Å². The number of carbonyl (C=O) groups excluding carboxylic acids is 1. The van der Waals surface area contributed by atoms with Gasteiger partial charge in [0.15, 0.2) is 11.5 Å². The Hall–Kier alpha value is -2.42. The maximum atomic E-state index is 13.0. The van der Waals surface area contributed by atoms with E-state index < -0.39 is 0 Å². The first-order valence-electron chi connectivity index (χ1n) is 9.57. The van der Waals surface area contributed by atoms with Crippen LogP contribution in [-0.2, 0) is 6.54 Å². The lowest BCUT2D eigenvalue weighted by Gasteiger charge is -2.34. The maximum Gasteiger partial charge on any atom is 0.265 e. The van der Waals surface area contributed by atoms with Crippen LogP contribution in [0, 0.1) is 6.92 Å². The molecule has 5 rings (SSSR count). The molecule has 6 nitrogen and oxygen atoms in total. The number of hydrogen-bond acceptors (Lipinski definition) is 7. The fourth-order valence-electron chi connectivity index (χ4n) is 3.65. The van der Waals surface area contributed by atoms with Crippen LogP contribution in [0.2, 0.25) is 0 Å². The number of hydrogen-bond donors (Lipinski definition) is 0. The molecule has 4 heterocycles. The number of fused-ring (bicyclic) bond motifs is 1. The number of carbonyl (C=O) groups is 1. The van der Waals surface area contributed by atoms with Crippen molar-refractivity contribution >= 4 is 28.6 Å². The number of nitrogens with zero attached hydrogens (tertiary/aromatic N) is 3. The predicted octanol–water partition coefficient (Wildman–Crippen LogP) is 3.87. The van der Waals surface area contributed by atoms with Gasteiger partial charge >= 0.3 is 0 Å². The highest BCUT2D eigenvalue weighted by atomic mass is 32.1. The molecule has 1 aromatic carbocycles. The summed E-state index contributed by atoms with van der Waals surface area (Å²) in [7, 11) is 0. The fraction of sp³-hybridized carbons (Fsp3) is 0.333. The van der Waals surface area contributed by atoms with Crippen LogP contribution in [0.5, 0.6) is 11.5 Å². The first-order valence-corrected chi connectivity index (χ1v) is 11.3. The van der Waals surface area contributed by atoms with Gasteiger partial charge in [0.25, 0.3) is 5.91 Å². The first kappa shape index (κ1) is 18.6. The first-order chi connectivity index (χ1) is 14.2. The molecule has 3 aromatic rings. The third-order valence-corrected chi connectivity index (χ3v) is 7.14. The number of thiophene rings is 1. The quantitative estimate of drug-likeness (QED) is 0.633. The molecule has 0 aliphatic carbocycles. The van der Waals surface area contributed by atoms with Gasteiger partial charge < -0.3 is 14.4 Å². The van der Waals surface area contributed by atoms with Crippen molar-refractivity contribution in [1.82, 2.24) is 14.8 Å². The topological polar surface area (TPSA) is 54.9 Å². The molecule has 2 aliphatic rings. The summed E-state index contributed by atoms with van der Waals surface area (Å²) in [5, 5.41) is 5.03. The normalized spacial score (nSPS) is 16.4. The Bertz CT molecular complexity index is 1020. The Balaban J connectivity index is 1.21. The van der Waals surface area contributed by atoms with Gasteiger partial charge in [-0.2, -0.15) is 11.3 Å². The number of benzene rings is 1. The lowest BCUT2D eigenvalue weighted by molar-refractivity contribution is 0.0632. The van der Waals surface area contributed by atoms with Gasteiger partial charge in [0.1, 0.15) is 9.88 Å². The predicted molar refractivity (Wildman–Crippen MR) is 114 cm³/mol. The van der Waals surface area contributed by atoms with Crippen molar-refractivity contribution < 1.29 is 14.3 Å². The number of ether oxygens (including phenoxy) is 2. The SMILES string of the molecule is Cc1nc(-c2ccsc2)sc1C(=O)N1CCN(Cc2ccc3c(c2)OCO3)CC1. The molecule has 2 aromatic heterocycles. The molecule has 0 atom stereocenters. The van der Waals surface area contributed by atoms with Gasteiger partial charge in [-0.1, -0.05) is 6.07 Å². The number of amides is 1. The second-order valence-corrected chi connectivity index (χ2v) is 8.98. The van der Waals surface area contributed by atoms with Crippen molar-refractivity contribution in [2.24, 2.45) is 0 Å². The number of aromatic nitrogens is 1. The Morgan fingerprint density at radius 1 is 1.14 bits per heavy atom. The van der Waals surface area contributed by atoms with E-state index in [1.165, 1.54) is 16.9 Å². The second-order valence-electron chi connectivity index (χ2n) is 7.20. The zero-order valence-electron chi connectivity index (χ0n) is 16.1. The van der Waals surface area contributed by atoms with Gasteiger partial charge in [-0.05, 0) is 36.1 Å². The minimum Gasteiger partial charge on any atom is -0.454 e. The molecule has 0 unspecified atom stereocenters. The third-order valence-electron chi connectivity index (χ3n) is 5.26. The molecule has 0 spiro atoms. The van der Waals surface area contributed by atoms with Crippen molar-refractivity contribution in [3.8, 4) is 22.1 Å². The standard InChI is InChI=1S/C21H21N3O3S2/c1-14-19(29-20(22-14)16-4-9-28-12-16)21(25)24-7-5-23(6-8-24)11-15-2-3-17-18(10-15)27-13-26-17/h2-4,9-10,12H,5-8,11,13H2,1H3. The molecular formula is C21H21N3O3S2. The monoisotopic (exact) mass is 427 g/mol. The van der Waals surface area contributed by atoms with Crippen LogP contribution in [0.25, 0.3) is 10.6 Å². The summed E-state index contributed by atoms with van der Waals surface area (Å²) >= 11 is 3.14. The van der Waals surface area contributed by atoms with Gasteiger partial charge in [-0.3, -0.25) is 9.69 Å². The summed E-state index contributed by atoms with van der Waals surface area (Å²) in [5.74, 6) is 1.73. The highest BCUT2D eigenvalue weighted by Crippen LogP contribution is 2.33. The molecule has 0 saturated carbocycles. The van der Waals surface area contributed by atoms with E-state index in [0.717, 1.165) is 65.4 Å². The molecule has 0 N–H and O–H groups in total. The molecule has 8 heteroatoms. The van der Waals surface area contributed by atoms with Crippen molar-refractivity contribution in [2.75, 3.05) is 33.0 Å². The molecule has 150 valence electrons. The van der Waals surface area contributed by atoms with Crippen molar-refractivity contribution in [3.05, 3.63) is 51.2 Å². The van der Waals surface area contributed by atoms with E-state index in [2.05, 4.69) is 21.3 Å². The summed E-state index contributed by atoms with van der Waals surface area (Å²) < 4.78 is 10.8. The molecule has 2 aliphatic heterocycles. The number of aryl methyl sites for hydroxylation is 1. The molecule has 1 saturated heterocycles. The number of rotatable bonds is 4. The van der Waals surface area contributed by atoms with Crippen molar-refractivity contribution in [3.63, 3.8) is 0 Å². The van der Waals surface area contributed by atoms with Crippen LogP contribution in [-0.4, -0.2) is 53.7 Å². The summed E-state index contributed by atoms with van der Waals surface area (Å²) in [6.07, 6.45) is 0. The lowest BCUT2D eigenvalue weighted by atomic mass is 10.1. The van der Waals surface area contributed by atoms with Crippen LogP contribution in [0.1, 0.15) is 20.9 Å². The number of thiazole rings is 1. The van der Waals surface area contributed by atoms with E-state index in [1.807, 2.05) is 35.4 Å². The third kappa shape index (κ3) is 3.75. The Morgan fingerprint density at radius 2 is 1.97 bits per heavy atom. The minimum atomic E-state index is 0.101. The lowest BCUT2D eigenvalue weighted by Crippen LogP contribution is -2.48. The summed E-state index contributed by atoms with van der Waals surface area (Å²) in [5.41, 5.74) is 3.12. The molecule has 1 amide bonds. The molecule has 0 bridgehead atoms. The highest BCUT2D eigenvalue weighted by Gasteiger charge is 2.26. The van der Waals surface area contributed by atoms with E-state index in [-0.39, 0.29) is 5.91 Å². The molecule has 0 radical (unpaired) electrons. The zero-order valence-corrected chi connectivity index (χ0v) is 17.7. The smallest absolute Gasteiger partial charge is 0.265 e. The average molecular weight is 428 g/mol. The molecule has 1 fully saturated rings. The molecule has 29 heavy (non-hydrogen) atoms. The fourth-order valence-corrected chi connectivity index (χ4v) is 5.40. The minimum absolute atomic E-state index is 0.101. The van der Waals surface area contributed by atoms with Crippen LogP contribution < -0.4 is 9.47 Å². The molecular weight excluding hydrogens is 406 g/mol. The summed E-state index contributed by atoms with van der Waals surface area (Å²) in [4.78, 5) is 22.7. The van der Waals surface area contributed by atoms with Gasteiger partial charge in [0.05, 0.1) is 5.69 Å². The summed E-state index contributed by atoms with van der Waals surface area (Å²) in [6.45, 7) is 6.24. The Labute approximate surface area is 177 Å². The largest absolute Gasteiger partial charge is 0.454 e. The Kier molecular flexibility index (Phi) is 4.99. The van der Waals surface area contributed by atoms with E-state index in [4.69, 9.17) is 9.47 Å². The van der Waals surface area contributed by atoms with Crippen molar-refractivity contribution in [1.29, 1.82) is 0 Å². The van der Waals surface area contributed by atoms with Gasteiger partial charge in [-0.25, -0.2) is 4.98 Å². The van der Waals surface area contributed by atoms with Crippen molar-refractivity contribution in [2.45, 2.75) is 13.5 Å². The second kappa shape index (κ2) is 7.78. The Morgan fingerprint density at radius 3 is 2.76 bits per heavy atom. The van der Waals surface area contributed by atoms with E-state index in [9.17, 15) is 4.79 Å². The summed E-state index contributed by atoms with van der Waals surface area (Å²) in [6, 6.07) is 8.14. The maximum absolute atomic E-state index is 13.0. The van der Waals surface area contributed by atoms with Crippen LogP contribution in [0.4, 0.5) is 0 Å². The van der Waals surface area contributed by atoms with E-state index in [1.54, 1.807) is 11.3 Å². The highest BCUT2D eigenvalue weighted by molar-refractivity contribution is 7.17. The van der Waals surface area contributed by atoms with E-state index >= 15 is 0 Å². The average Bonchev–Trinajstić information content (AvgIpc) is 3.48. The van der Waals surface area contributed by atoms with Gasteiger partial charge in [-0.15, -0.1) is 11.3 Å². The van der Waals surface area contributed by atoms with E-state index in [0.29, 0.717) is 6.79 Å². The zero-order chi connectivity index (χ0) is 19.8. The van der Waals surface area contributed by atoms with Crippen LogP contribution in [0.3, 0.4) is 0 Å². The number of piperazine rings is 1.